The first-order valence-corrected chi connectivity index (χ1v) is 8.10. The molecule has 0 bridgehead atoms. The van der Waals surface area contributed by atoms with Gasteiger partial charge in [0, 0.05) is 19.6 Å². The number of hydrogen-bond acceptors (Lipinski definition) is 3. The Labute approximate surface area is 133 Å². The molecular formula is C18H28N2O2. The number of ether oxygens (including phenoxy) is 1. The number of carbonyl (C=O) groups is 1. The van der Waals surface area contributed by atoms with Crippen LogP contribution in [0.2, 0.25) is 0 Å². The van der Waals surface area contributed by atoms with Crippen LogP contribution >= 0.6 is 0 Å². The Hall–Kier alpha value is -1.55. The van der Waals surface area contributed by atoms with Crippen molar-refractivity contribution in [3.05, 3.63) is 35.4 Å². The number of nitrogens with one attached hydrogen (secondary N) is 1. The largest absolute Gasteiger partial charge is 0.444 e. The predicted octanol–water partition coefficient (Wildman–Crippen LogP) is 3.52. The average Bonchev–Trinajstić information content (AvgIpc) is 2.46. The molecule has 0 radical (unpaired) electrons. The van der Waals surface area contributed by atoms with Crippen molar-refractivity contribution in [2.45, 2.75) is 51.7 Å². The molecule has 22 heavy (non-hydrogen) atoms. The average molecular weight is 304 g/mol. The number of carbonyl (C=O) groups excluding carboxylic acids is 1. The summed E-state index contributed by atoms with van der Waals surface area (Å²) in [5.74, 6) is 0.537. The van der Waals surface area contributed by atoms with Crippen molar-refractivity contribution in [3.8, 4) is 0 Å². The highest BCUT2D eigenvalue weighted by molar-refractivity contribution is 5.68. The van der Waals surface area contributed by atoms with Gasteiger partial charge in [0.05, 0.1) is 0 Å². The fourth-order valence-electron chi connectivity index (χ4n) is 2.88. The van der Waals surface area contributed by atoms with Crippen LogP contribution in [0.1, 0.15) is 50.7 Å². The van der Waals surface area contributed by atoms with Crippen LogP contribution in [0.5, 0.6) is 0 Å². The molecule has 1 aliphatic rings. The van der Waals surface area contributed by atoms with E-state index >= 15 is 0 Å². The maximum absolute atomic E-state index is 12.1. The molecule has 4 heteroatoms. The van der Waals surface area contributed by atoms with Crippen molar-refractivity contribution in [2.75, 3.05) is 20.1 Å². The Morgan fingerprint density at radius 2 is 2.00 bits per heavy atom. The number of amides is 1. The zero-order valence-corrected chi connectivity index (χ0v) is 14.2. The first-order chi connectivity index (χ1) is 10.4. The summed E-state index contributed by atoms with van der Waals surface area (Å²) in [6, 6.07) is 8.76. The predicted molar refractivity (Wildman–Crippen MR) is 89.0 cm³/mol. The minimum Gasteiger partial charge on any atom is -0.444 e. The monoisotopic (exact) mass is 304 g/mol. The molecule has 0 saturated carbocycles. The van der Waals surface area contributed by atoms with Gasteiger partial charge in [-0.05, 0) is 57.7 Å². The molecule has 1 fully saturated rings. The lowest BCUT2D eigenvalue weighted by atomic mass is 9.89. The van der Waals surface area contributed by atoms with Crippen LogP contribution in [0.25, 0.3) is 0 Å². The zero-order chi connectivity index (χ0) is 16.2. The topological polar surface area (TPSA) is 41.6 Å². The molecule has 0 aromatic heterocycles. The Kier molecular flexibility index (Phi) is 5.46. The van der Waals surface area contributed by atoms with Crippen molar-refractivity contribution >= 4 is 6.09 Å². The molecule has 2 rings (SSSR count). The molecule has 1 aromatic rings. The summed E-state index contributed by atoms with van der Waals surface area (Å²) < 4.78 is 5.45. The second-order valence-corrected chi connectivity index (χ2v) is 7.02. The smallest absolute Gasteiger partial charge is 0.410 e. The lowest BCUT2D eigenvalue weighted by Gasteiger charge is -2.33. The SMILES string of the molecule is CNCc1cccc(C2CCN(C(=O)OC(C)(C)C)CC2)c1. The molecule has 0 unspecified atom stereocenters. The van der Waals surface area contributed by atoms with Crippen LogP contribution in [0.4, 0.5) is 4.79 Å². The number of rotatable bonds is 3. The summed E-state index contributed by atoms with van der Waals surface area (Å²) in [5.41, 5.74) is 2.28. The van der Waals surface area contributed by atoms with E-state index < -0.39 is 5.60 Å². The van der Waals surface area contributed by atoms with E-state index in [0.29, 0.717) is 5.92 Å². The number of likely N-dealkylation sites (tertiary alicyclic amines) is 1. The maximum atomic E-state index is 12.1. The van der Waals surface area contributed by atoms with Gasteiger partial charge in [-0.2, -0.15) is 0 Å². The summed E-state index contributed by atoms with van der Waals surface area (Å²) in [6.45, 7) is 8.16. The molecule has 0 atom stereocenters. The van der Waals surface area contributed by atoms with Gasteiger partial charge in [-0.1, -0.05) is 24.3 Å². The van der Waals surface area contributed by atoms with E-state index in [0.717, 1.165) is 32.5 Å². The van der Waals surface area contributed by atoms with E-state index in [1.54, 1.807) is 0 Å². The van der Waals surface area contributed by atoms with E-state index in [4.69, 9.17) is 4.74 Å². The van der Waals surface area contributed by atoms with Crippen molar-refractivity contribution < 1.29 is 9.53 Å². The molecule has 1 amide bonds. The molecule has 1 N–H and O–H groups in total. The highest BCUT2D eigenvalue weighted by Crippen LogP contribution is 2.29. The van der Waals surface area contributed by atoms with Crippen molar-refractivity contribution in [2.24, 2.45) is 0 Å². The van der Waals surface area contributed by atoms with Crippen molar-refractivity contribution in [1.82, 2.24) is 10.2 Å². The molecule has 1 saturated heterocycles. The fourth-order valence-corrected chi connectivity index (χ4v) is 2.88. The number of benzene rings is 1. The van der Waals surface area contributed by atoms with Gasteiger partial charge < -0.3 is 15.0 Å². The lowest BCUT2D eigenvalue weighted by Crippen LogP contribution is -2.41. The Bertz CT molecular complexity index is 500. The molecule has 122 valence electrons. The van der Waals surface area contributed by atoms with E-state index in [9.17, 15) is 4.79 Å². The Morgan fingerprint density at radius 3 is 2.59 bits per heavy atom. The highest BCUT2D eigenvalue weighted by Gasteiger charge is 2.27. The van der Waals surface area contributed by atoms with E-state index in [2.05, 4.69) is 29.6 Å². The molecule has 1 aliphatic heterocycles. The van der Waals surface area contributed by atoms with Gasteiger partial charge in [-0.25, -0.2) is 4.79 Å². The first kappa shape index (κ1) is 16.8. The molecule has 0 spiro atoms. The van der Waals surface area contributed by atoms with Crippen LogP contribution < -0.4 is 5.32 Å². The molecule has 1 heterocycles. The fraction of sp³-hybridized carbons (Fsp3) is 0.611. The van der Waals surface area contributed by atoms with Gasteiger partial charge in [0.1, 0.15) is 5.60 Å². The minimum atomic E-state index is -0.421. The van der Waals surface area contributed by atoms with Gasteiger partial charge >= 0.3 is 6.09 Å². The van der Waals surface area contributed by atoms with Gasteiger partial charge in [-0.15, -0.1) is 0 Å². The van der Waals surface area contributed by atoms with Gasteiger partial charge in [-0.3, -0.25) is 0 Å². The second kappa shape index (κ2) is 7.14. The van der Waals surface area contributed by atoms with Crippen LogP contribution in [0, 0.1) is 0 Å². The van der Waals surface area contributed by atoms with Crippen LogP contribution in [-0.2, 0) is 11.3 Å². The van der Waals surface area contributed by atoms with Gasteiger partial charge in [0.25, 0.3) is 0 Å². The van der Waals surface area contributed by atoms with Crippen molar-refractivity contribution in [1.29, 1.82) is 0 Å². The first-order valence-electron chi connectivity index (χ1n) is 8.10. The quantitative estimate of drug-likeness (QED) is 0.929. The number of piperidine rings is 1. The third kappa shape index (κ3) is 4.73. The summed E-state index contributed by atoms with van der Waals surface area (Å²) in [7, 11) is 1.96. The summed E-state index contributed by atoms with van der Waals surface area (Å²) in [6.07, 6.45) is 1.82. The molecule has 1 aromatic carbocycles. The van der Waals surface area contributed by atoms with E-state index in [-0.39, 0.29) is 6.09 Å². The third-order valence-corrected chi connectivity index (χ3v) is 3.95. The van der Waals surface area contributed by atoms with E-state index in [1.165, 1.54) is 11.1 Å². The maximum Gasteiger partial charge on any atom is 0.410 e. The second-order valence-electron chi connectivity index (χ2n) is 7.02. The van der Waals surface area contributed by atoms with Crippen molar-refractivity contribution in [3.63, 3.8) is 0 Å². The Balaban J connectivity index is 1.92. The van der Waals surface area contributed by atoms with Gasteiger partial charge in [0.2, 0.25) is 0 Å². The van der Waals surface area contributed by atoms with Crippen LogP contribution in [-0.4, -0.2) is 36.7 Å². The lowest BCUT2D eigenvalue weighted by molar-refractivity contribution is 0.0205. The van der Waals surface area contributed by atoms with Crippen LogP contribution in [0.15, 0.2) is 24.3 Å². The van der Waals surface area contributed by atoms with Crippen LogP contribution in [0.3, 0.4) is 0 Å². The summed E-state index contributed by atoms with van der Waals surface area (Å²) >= 11 is 0. The number of nitrogens with zero attached hydrogens (tertiary/aromatic N) is 1. The van der Waals surface area contributed by atoms with Gasteiger partial charge in [0.15, 0.2) is 0 Å². The molecular weight excluding hydrogens is 276 g/mol. The number of hydrogen-bond donors (Lipinski definition) is 1. The normalized spacial score (nSPS) is 16.6. The summed E-state index contributed by atoms with van der Waals surface area (Å²) in [4.78, 5) is 13.9. The Morgan fingerprint density at radius 1 is 1.32 bits per heavy atom. The minimum absolute atomic E-state index is 0.185. The summed E-state index contributed by atoms with van der Waals surface area (Å²) in [5, 5.41) is 3.19. The zero-order valence-electron chi connectivity index (χ0n) is 14.2. The highest BCUT2D eigenvalue weighted by atomic mass is 16.6. The third-order valence-electron chi connectivity index (χ3n) is 3.95. The standard InChI is InChI=1S/C18H28N2O2/c1-18(2,3)22-17(21)20-10-8-15(9-11-20)16-7-5-6-14(12-16)13-19-4/h5-7,12,15,19H,8-11,13H2,1-4H3. The molecule has 4 nitrogen and oxygen atoms in total. The molecule has 0 aliphatic carbocycles. The van der Waals surface area contributed by atoms with E-state index in [1.807, 2.05) is 32.7 Å².